The smallest absolute Gasteiger partial charge is 0.123 e. The van der Waals surface area contributed by atoms with E-state index in [1.807, 2.05) is 18.2 Å². The molecule has 1 aromatic rings. The van der Waals surface area contributed by atoms with Gasteiger partial charge in [-0.2, -0.15) is 0 Å². The molecule has 0 fully saturated rings. The van der Waals surface area contributed by atoms with Gasteiger partial charge in [0.05, 0.1) is 5.69 Å². The molecule has 0 saturated heterocycles. The van der Waals surface area contributed by atoms with Crippen molar-refractivity contribution in [2.24, 2.45) is 0 Å². The van der Waals surface area contributed by atoms with Crippen LogP contribution in [-0.4, -0.2) is 48.5 Å². The highest BCUT2D eigenvalue weighted by Gasteiger charge is 2.05. The number of aromatic nitrogens is 1. The Hall–Kier alpha value is -1.13. The summed E-state index contributed by atoms with van der Waals surface area (Å²) in [6.45, 7) is 6.34. The Morgan fingerprint density at radius 2 is 2.00 bits per heavy atom. The molecule has 4 heteroatoms. The van der Waals surface area contributed by atoms with Crippen molar-refractivity contribution in [2.75, 3.05) is 39.5 Å². The van der Waals surface area contributed by atoms with Gasteiger partial charge in [0.15, 0.2) is 0 Å². The van der Waals surface area contributed by atoms with E-state index in [2.05, 4.69) is 35.8 Å². The molecule has 0 amide bonds. The van der Waals surface area contributed by atoms with E-state index in [1.54, 1.807) is 0 Å². The third kappa shape index (κ3) is 5.65. The Balaban J connectivity index is 2.41. The summed E-state index contributed by atoms with van der Waals surface area (Å²) < 4.78 is 0. The van der Waals surface area contributed by atoms with Gasteiger partial charge in [-0.05, 0) is 52.3 Å². The van der Waals surface area contributed by atoms with Gasteiger partial charge in [0.1, 0.15) is 5.82 Å². The van der Waals surface area contributed by atoms with Crippen molar-refractivity contribution in [3.05, 3.63) is 23.9 Å². The standard InChI is InChI=1S/C13H24N4/c1-4-17(10-6-9-16(2)3)11-12-7-5-8-13(14)15-12/h5,7-8H,4,6,9-11H2,1-3H3,(H2,14,15). The number of nitrogens with two attached hydrogens (primary N) is 1. The molecule has 0 aliphatic rings. The summed E-state index contributed by atoms with van der Waals surface area (Å²) in [4.78, 5) is 8.94. The number of pyridine rings is 1. The molecular formula is C13H24N4. The molecule has 0 unspecified atom stereocenters. The monoisotopic (exact) mass is 236 g/mol. The largest absolute Gasteiger partial charge is 0.384 e. The molecule has 0 radical (unpaired) electrons. The van der Waals surface area contributed by atoms with Gasteiger partial charge in [0.2, 0.25) is 0 Å². The van der Waals surface area contributed by atoms with Crippen molar-refractivity contribution in [2.45, 2.75) is 19.9 Å². The van der Waals surface area contributed by atoms with Crippen LogP contribution in [0.5, 0.6) is 0 Å². The first-order chi connectivity index (χ1) is 8.11. The highest BCUT2D eigenvalue weighted by Crippen LogP contribution is 2.05. The van der Waals surface area contributed by atoms with Crippen molar-refractivity contribution < 1.29 is 0 Å². The first kappa shape index (κ1) is 13.9. The maximum Gasteiger partial charge on any atom is 0.123 e. The topological polar surface area (TPSA) is 45.4 Å². The van der Waals surface area contributed by atoms with Crippen molar-refractivity contribution in [1.29, 1.82) is 0 Å². The van der Waals surface area contributed by atoms with Crippen LogP contribution in [0.25, 0.3) is 0 Å². The highest BCUT2D eigenvalue weighted by molar-refractivity contribution is 5.28. The third-order valence-electron chi connectivity index (χ3n) is 2.74. The minimum atomic E-state index is 0.604. The summed E-state index contributed by atoms with van der Waals surface area (Å²) in [5.74, 6) is 0.604. The number of hydrogen-bond donors (Lipinski definition) is 1. The molecule has 1 rings (SSSR count). The molecule has 0 aromatic carbocycles. The van der Waals surface area contributed by atoms with Crippen molar-refractivity contribution in [1.82, 2.24) is 14.8 Å². The predicted molar refractivity (Wildman–Crippen MR) is 72.8 cm³/mol. The van der Waals surface area contributed by atoms with Crippen LogP contribution in [0, 0.1) is 0 Å². The van der Waals surface area contributed by atoms with Gasteiger partial charge in [-0.1, -0.05) is 13.0 Å². The maximum absolute atomic E-state index is 5.68. The Morgan fingerprint density at radius 3 is 2.59 bits per heavy atom. The zero-order valence-electron chi connectivity index (χ0n) is 11.2. The van der Waals surface area contributed by atoms with E-state index in [1.165, 1.54) is 6.42 Å². The first-order valence-corrected chi connectivity index (χ1v) is 6.20. The van der Waals surface area contributed by atoms with E-state index < -0.39 is 0 Å². The molecule has 0 atom stereocenters. The van der Waals surface area contributed by atoms with Crippen LogP contribution in [0.4, 0.5) is 5.82 Å². The zero-order valence-corrected chi connectivity index (χ0v) is 11.2. The lowest BCUT2D eigenvalue weighted by Gasteiger charge is -2.21. The van der Waals surface area contributed by atoms with Crippen LogP contribution < -0.4 is 5.73 Å². The Labute approximate surface area is 104 Å². The Bertz CT molecular complexity index is 325. The minimum absolute atomic E-state index is 0.604. The fourth-order valence-corrected chi connectivity index (χ4v) is 1.77. The molecular weight excluding hydrogens is 212 g/mol. The zero-order chi connectivity index (χ0) is 12.7. The molecule has 0 saturated carbocycles. The van der Waals surface area contributed by atoms with E-state index in [0.29, 0.717) is 5.82 Å². The molecule has 1 heterocycles. The molecule has 0 aliphatic heterocycles. The van der Waals surface area contributed by atoms with Crippen molar-refractivity contribution in [3.8, 4) is 0 Å². The number of nitrogen functional groups attached to an aromatic ring is 1. The molecule has 0 bridgehead atoms. The normalized spacial score (nSPS) is 11.4. The number of nitrogens with zero attached hydrogens (tertiary/aromatic N) is 3. The summed E-state index contributed by atoms with van der Waals surface area (Å²) in [5.41, 5.74) is 6.73. The summed E-state index contributed by atoms with van der Waals surface area (Å²) in [7, 11) is 4.21. The number of anilines is 1. The van der Waals surface area contributed by atoms with E-state index in [9.17, 15) is 0 Å². The number of hydrogen-bond acceptors (Lipinski definition) is 4. The molecule has 4 nitrogen and oxygen atoms in total. The van der Waals surface area contributed by atoms with Crippen LogP contribution >= 0.6 is 0 Å². The summed E-state index contributed by atoms with van der Waals surface area (Å²) >= 11 is 0. The van der Waals surface area contributed by atoms with Gasteiger partial charge >= 0.3 is 0 Å². The second-order valence-corrected chi connectivity index (χ2v) is 4.58. The van der Waals surface area contributed by atoms with E-state index in [-0.39, 0.29) is 0 Å². The summed E-state index contributed by atoms with van der Waals surface area (Å²) in [5, 5.41) is 0. The molecule has 96 valence electrons. The first-order valence-electron chi connectivity index (χ1n) is 6.20. The van der Waals surface area contributed by atoms with Crippen molar-refractivity contribution >= 4 is 5.82 Å². The Kier molecular flexibility index (Phi) is 5.94. The molecule has 2 N–H and O–H groups in total. The third-order valence-corrected chi connectivity index (χ3v) is 2.74. The van der Waals surface area contributed by atoms with Gasteiger partial charge in [-0.3, -0.25) is 4.90 Å². The van der Waals surface area contributed by atoms with Crippen LogP contribution in [0.3, 0.4) is 0 Å². The molecule has 17 heavy (non-hydrogen) atoms. The molecule has 1 aromatic heterocycles. The number of rotatable bonds is 7. The fourth-order valence-electron chi connectivity index (χ4n) is 1.77. The lowest BCUT2D eigenvalue weighted by Crippen LogP contribution is -2.27. The lowest BCUT2D eigenvalue weighted by atomic mass is 10.3. The Morgan fingerprint density at radius 1 is 1.24 bits per heavy atom. The van der Waals surface area contributed by atoms with Gasteiger partial charge in [-0.25, -0.2) is 4.98 Å². The van der Waals surface area contributed by atoms with E-state index in [0.717, 1.165) is 31.9 Å². The predicted octanol–water partition coefficient (Wildman–Crippen LogP) is 1.44. The fraction of sp³-hybridized carbons (Fsp3) is 0.615. The minimum Gasteiger partial charge on any atom is -0.384 e. The molecule has 0 aliphatic carbocycles. The van der Waals surface area contributed by atoms with Gasteiger partial charge in [0, 0.05) is 6.54 Å². The van der Waals surface area contributed by atoms with E-state index >= 15 is 0 Å². The van der Waals surface area contributed by atoms with Crippen LogP contribution in [0.2, 0.25) is 0 Å². The second kappa shape index (κ2) is 7.25. The summed E-state index contributed by atoms with van der Waals surface area (Å²) in [6.07, 6.45) is 1.18. The SMILES string of the molecule is CCN(CCCN(C)C)Cc1cccc(N)n1. The van der Waals surface area contributed by atoms with Gasteiger partial charge < -0.3 is 10.6 Å². The maximum atomic E-state index is 5.68. The van der Waals surface area contributed by atoms with Crippen LogP contribution in [-0.2, 0) is 6.54 Å². The van der Waals surface area contributed by atoms with Crippen LogP contribution in [0.1, 0.15) is 19.0 Å². The quantitative estimate of drug-likeness (QED) is 0.778. The van der Waals surface area contributed by atoms with Gasteiger partial charge in [0.25, 0.3) is 0 Å². The van der Waals surface area contributed by atoms with Crippen LogP contribution in [0.15, 0.2) is 18.2 Å². The second-order valence-electron chi connectivity index (χ2n) is 4.58. The molecule has 0 spiro atoms. The highest BCUT2D eigenvalue weighted by atomic mass is 15.1. The average Bonchev–Trinajstić information content (AvgIpc) is 2.27. The van der Waals surface area contributed by atoms with Crippen molar-refractivity contribution in [3.63, 3.8) is 0 Å². The lowest BCUT2D eigenvalue weighted by molar-refractivity contribution is 0.257. The van der Waals surface area contributed by atoms with E-state index in [4.69, 9.17) is 5.73 Å². The average molecular weight is 236 g/mol. The van der Waals surface area contributed by atoms with Gasteiger partial charge in [-0.15, -0.1) is 0 Å². The summed E-state index contributed by atoms with van der Waals surface area (Å²) in [6, 6.07) is 5.82.